The fourth-order valence-electron chi connectivity index (χ4n) is 1.74. The van der Waals surface area contributed by atoms with Crippen LogP contribution in [0.15, 0.2) is 29.6 Å². The highest BCUT2D eigenvalue weighted by Crippen LogP contribution is 2.17. The molecule has 1 heterocycles. The van der Waals surface area contributed by atoms with Crippen molar-refractivity contribution >= 4 is 28.3 Å². The van der Waals surface area contributed by atoms with Gasteiger partial charge in [-0.25, -0.2) is 4.98 Å². The lowest BCUT2D eigenvalue weighted by molar-refractivity contribution is -0.136. The van der Waals surface area contributed by atoms with Gasteiger partial charge in [-0.2, -0.15) is 0 Å². The average Bonchev–Trinajstić information content (AvgIpc) is 2.86. The van der Waals surface area contributed by atoms with Crippen LogP contribution in [0.3, 0.4) is 0 Å². The van der Waals surface area contributed by atoms with Gasteiger partial charge in [0, 0.05) is 18.1 Å². The summed E-state index contributed by atoms with van der Waals surface area (Å²) < 4.78 is 5.02. The molecule has 0 aliphatic rings. The minimum Gasteiger partial charge on any atom is -0.481 e. The average molecular weight is 306 g/mol. The van der Waals surface area contributed by atoms with Crippen molar-refractivity contribution in [2.45, 2.75) is 13.0 Å². The quantitative estimate of drug-likeness (QED) is 0.854. The number of nitrogens with zero attached hydrogens (tertiary/aromatic N) is 1. The Morgan fingerprint density at radius 2 is 2.24 bits per heavy atom. The molecule has 2 N–H and O–H groups in total. The molecule has 6 nitrogen and oxygen atoms in total. The molecule has 1 aromatic heterocycles. The SMILES string of the molecule is COCc1cccc(C(=O)Nc2nc(CC(=O)O)cs2)c1. The lowest BCUT2D eigenvalue weighted by atomic mass is 10.1. The number of nitrogens with one attached hydrogen (secondary N) is 1. The van der Waals surface area contributed by atoms with E-state index in [-0.39, 0.29) is 12.3 Å². The summed E-state index contributed by atoms with van der Waals surface area (Å²) in [5.74, 6) is -1.24. The number of aromatic nitrogens is 1. The van der Waals surface area contributed by atoms with E-state index in [4.69, 9.17) is 9.84 Å². The third-order valence-corrected chi connectivity index (χ3v) is 3.41. The molecule has 1 aromatic carbocycles. The maximum Gasteiger partial charge on any atom is 0.309 e. The summed E-state index contributed by atoms with van der Waals surface area (Å²) in [5.41, 5.74) is 1.83. The number of thiazole rings is 1. The van der Waals surface area contributed by atoms with Crippen LogP contribution in [0, 0.1) is 0 Å². The van der Waals surface area contributed by atoms with Gasteiger partial charge in [-0.05, 0) is 17.7 Å². The van der Waals surface area contributed by atoms with Crippen LogP contribution in [0.5, 0.6) is 0 Å². The number of methoxy groups -OCH3 is 1. The Kier molecular flexibility index (Phi) is 5.02. The summed E-state index contributed by atoms with van der Waals surface area (Å²) >= 11 is 1.20. The standard InChI is InChI=1S/C14H14N2O4S/c1-20-7-9-3-2-4-10(5-9)13(19)16-14-15-11(8-21-14)6-12(17)18/h2-5,8H,6-7H2,1H3,(H,17,18)(H,15,16,19). The number of aliphatic carboxylic acids is 1. The van der Waals surface area contributed by atoms with Crippen molar-refractivity contribution < 1.29 is 19.4 Å². The van der Waals surface area contributed by atoms with E-state index in [0.717, 1.165) is 5.56 Å². The first kappa shape index (κ1) is 15.1. The minimum atomic E-state index is -0.953. The molecule has 0 atom stereocenters. The van der Waals surface area contributed by atoms with E-state index < -0.39 is 5.97 Å². The van der Waals surface area contributed by atoms with Crippen LogP contribution in [0.4, 0.5) is 5.13 Å². The van der Waals surface area contributed by atoms with Gasteiger partial charge in [-0.3, -0.25) is 14.9 Å². The third-order valence-electron chi connectivity index (χ3n) is 2.60. The molecule has 0 saturated carbocycles. The van der Waals surface area contributed by atoms with E-state index in [2.05, 4.69) is 10.3 Å². The molecular weight excluding hydrogens is 292 g/mol. The second-order valence-electron chi connectivity index (χ2n) is 4.30. The second-order valence-corrected chi connectivity index (χ2v) is 5.16. The van der Waals surface area contributed by atoms with Crippen molar-refractivity contribution in [2.75, 3.05) is 12.4 Å². The van der Waals surface area contributed by atoms with Crippen molar-refractivity contribution in [1.29, 1.82) is 0 Å². The van der Waals surface area contributed by atoms with E-state index >= 15 is 0 Å². The van der Waals surface area contributed by atoms with Gasteiger partial charge in [0.15, 0.2) is 5.13 Å². The number of ether oxygens (including phenoxy) is 1. The lowest BCUT2D eigenvalue weighted by Gasteiger charge is -2.04. The van der Waals surface area contributed by atoms with Crippen molar-refractivity contribution in [1.82, 2.24) is 4.98 Å². The predicted molar refractivity (Wildman–Crippen MR) is 78.6 cm³/mol. The first-order chi connectivity index (χ1) is 10.1. The van der Waals surface area contributed by atoms with Crippen molar-refractivity contribution in [3.8, 4) is 0 Å². The second kappa shape index (κ2) is 6.96. The van der Waals surface area contributed by atoms with Gasteiger partial charge in [0.25, 0.3) is 5.91 Å². The molecule has 0 saturated heterocycles. The monoisotopic (exact) mass is 306 g/mol. The molecule has 1 amide bonds. The summed E-state index contributed by atoms with van der Waals surface area (Å²) in [4.78, 5) is 26.7. The molecule has 21 heavy (non-hydrogen) atoms. The first-order valence-corrected chi connectivity index (χ1v) is 7.02. The fraction of sp³-hybridized carbons (Fsp3) is 0.214. The van der Waals surface area contributed by atoms with Crippen molar-refractivity contribution in [3.05, 3.63) is 46.5 Å². The Hall–Kier alpha value is -2.25. The van der Waals surface area contributed by atoms with Gasteiger partial charge in [0.05, 0.1) is 18.7 Å². The molecular formula is C14H14N2O4S. The Balaban J connectivity index is 2.05. The van der Waals surface area contributed by atoms with Crippen molar-refractivity contribution in [3.63, 3.8) is 0 Å². The maximum atomic E-state index is 12.1. The van der Waals surface area contributed by atoms with E-state index in [0.29, 0.717) is 23.0 Å². The zero-order chi connectivity index (χ0) is 15.2. The molecule has 0 fully saturated rings. The summed E-state index contributed by atoms with van der Waals surface area (Å²) in [6, 6.07) is 7.08. The predicted octanol–water partition coefficient (Wildman–Crippen LogP) is 2.17. The normalized spacial score (nSPS) is 10.3. The number of hydrogen-bond donors (Lipinski definition) is 2. The number of carboxylic acids is 1. The van der Waals surface area contributed by atoms with Gasteiger partial charge in [-0.1, -0.05) is 12.1 Å². The molecule has 0 aliphatic heterocycles. The zero-order valence-electron chi connectivity index (χ0n) is 11.3. The smallest absolute Gasteiger partial charge is 0.309 e. The molecule has 0 unspecified atom stereocenters. The summed E-state index contributed by atoms with van der Waals surface area (Å²) in [6.45, 7) is 0.432. The van der Waals surface area contributed by atoms with Crippen LogP contribution in [0.1, 0.15) is 21.6 Å². The van der Waals surface area contributed by atoms with Gasteiger partial charge < -0.3 is 9.84 Å². The van der Waals surface area contributed by atoms with Crippen LogP contribution in [0.2, 0.25) is 0 Å². The molecule has 0 aliphatic carbocycles. The van der Waals surface area contributed by atoms with Crippen LogP contribution in [0.25, 0.3) is 0 Å². The third kappa shape index (κ3) is 4.37. The first-order valence-electron chi connectivity index (χ1n) is 6.14. The molecule has 0 radical (unpaired) electrons. The number of anilines is 1. The summed E-state index contributed by atoms with van der Waals surface area (Å²) in [5, 5.41) is 13.3. The Morgan fingerprint density at radius 3 is 2.95 bits per heavy atom. The largest absolute Gasteiger partial charge is 0.481 e. The van der Waals surface area contributed by atoms with Crippen LogP contribution < -0.4 is 5.32 Å². The molecule has 7 heteroatoms. The number of carboxylic acid groups (broad SMARTS) is 1. The van der Waals surface area contributed by atoms with E-state index in [1.54, 1.807) is 30.7 Å². The molecule has 2 aromatic rings. The molecule has 0 bridgehead atoms. The van der Waals surface area contributed by atoms with Gasteiger partial charge >= 0.3 is 5.97 Å². The number of carbonyl (C=O) groups is 2. The fourth-order valence-corrected chi connectivity index (χ4v) is 2.44. The molecule has 2 rings (SSSR count). The Morgan fingerprint density at radius 1 is 1.43 bits per heavy atom. The highest BCUT2D eigenvalue weighted by atomic mass is 32.1. The minimum absolute atomic E-state index is 0.157. The van der Waals surface area contributed by atoms with Crippen molar-refractivity contribution in [2.24, 2.45) is 0 Å². The summed E-state index contributed by atoms with van der Waals surface area (Å²) in [7, 11) is 1.59. The van der Waals surface area contributed by atoms with Crippen LogP contribution >= 0.6 is 11.3 Å². The Labute approximate surface area is 125 Å². The van der Waals surface area contributed by atoms with E-state index in [1.807, 2.05) is 6.07 Å². The van der Waals surface area contributed by atoms with Gasteiger partial charge in [-0.15, -0.1) is 11.3 Å². The number of hydrogen-bond acceptors (Lipinski definition) is 5. The maximum absolute atomic E-state index is 12.1. The number of rotatable bonds is 6. The highest BCUT2D eigenvalue weighted by Gasteiger charge is 2.11. The van der Waals surface area contributed by atoms with Gasteiger partial charge in [0.1, 0.15) is 0 Å². The zero-order valence-corrected chi connectivity index (χ0v) is 12.1. The lowest BCUT2D eigenvalue weighted by Crippen LogP contribution is -2.12. The van der Waals surface area contributed by atoms with E-state index in [9.17, 15) is 9.59 Å². The van der Waals surface area contributed by atoms with Crippen LogP contribution in [-0.4, -0.2) is 29.1 Å². The molecule has 110 valence electrons. The summed E-state index contributed by atoms with van der Waals surface area (Å²) in [6.07, 6.45) is -0.157. The van der Waals surface area contributed by atoms with E-state index in [1.165, 1.54) is 11.3 Å². The van der Waals surface area contributed by atoms with Crippen LogP contribution in [-0.2, 0) is 22.6 Å². The number of benzene rings is 1. The topological polar surface area (TPSA) is 88.5 Å². The highest BCUT2D eigenvalue weighted by molar-refractivity contribution is 7.14. The van der Waals surface area contributed by atoms with Gasteiger partial charge in [0.2, 0.25) is 0 Å². The Bertz CT molecular complexity index is 654. The molecule has 0 spiro atoms. The number of carbonyl (C=O) groups excluding carboxylic acids is 1. The number of amides is 1.